The highest BCUT2D eigenvalue weighted by Crippen LogP contribution is 2.29. The smallest absolute Gasteiger partial charge is 0.150 e. The number of benzene rings is 1. The minimum atomic E-state index is 0.389. The Kier molecular flexibility index (Phi) is 4.77. The van der Waals surface area contributed by atoms with Gasteiger partial charge in [0.05, 0.1) is 0 Å². The second-order valence-electron chi connectivity index (χ2n) is 3.82. The molecule has 0 aromatic heterocycles. The maximum absolute atomic E-state index is 10.7. The molecule has 1 atom stereocenters. The molecule has 0 aliphatic rings. The summed E-state index contributed by atoms with van der Waals surface area (Å²) in [6.45, 7) is 8.36. The minimum Gasteiger partial charge on any atom is -0.489 e. The second-order valence-corrected chi connectivity index (χ2v) is 3.82. The van der Waals surface area contributed by atoms with E-state index < -0.39 is 0 Å². The van der Waals surface area contributed by atoms with Gasteiger partial charge in [0.15, 0.2) is 0 Å². The maximum Gasteiger partial charge on any atom is 0.150 e. The lowest BCUT2D eigenvalue weighted by Crippen LogP contribution is -2.01. The Bertz CT molecular complexity index is 369. The molecule has 1 rings (SSSR count). The van der Waals surface area contributed by atoms with Crippen molar-refractivity contribution in [3.63, 3.8) is 0 Å². The van der Waals surface area contributed by atoms with E-state index in [1.54, 1.807) is 12.1 Å². The Labute approximate surface area is 96.9 Å². The first kappa shape index (κ1) is 12.5. The summed E-state index contributed by atoms with van der Waals surface area (Å²) >= 11 is 0. The van der Waals surface area contributed by atoms with Gasteiger partial charge in [0.2, 0.25) is 0 Å². The Morgan fingerprint density at radius 1 is 1.50 bits per heavy atom. The molecule has 0 aliphatic heterocycles. The van der Waals surface area contributed by atoms with Crippen molar-refractivity contribution in [1.29, 1.82) is 0 Å². The van der Waals surface area contributed by atoms with E-state index in [9.17, 15) is 4.79 Å². The molecule has 0 aliphatic carbocycles. The highest BCUT2D eigenvalue weighted by Gasteiger charge is 2.10. The van der Waals surface area contributed by atoms with Crippen LogP contribution in [0.5, 0.6) is 5.75 Å². The quantitative estimate of drug-likeness (QED) is 0.539. The summed E-state index contributed by atoms with van der Waals surface area (Å²) in [6, 6.07) is 5.53. The average molecular weight is 218 g/mol. The van der Waals surface area contributed by atoms with Gasteiger partial charge >= 0.3 is 0 Å². The Balaban J connectivity index is 3.05. The molecule has 0 amide bonds. The Morgan fingerprint density at radius 2 is 2.25 bits per heavy atom. The van der Waals surface area contributed by atoms with Crippen LogP contribution in [-0.4, -0.2) is 12.9 Å². The van der Waals surface area contributed by atoms with Crippen molar-refractivity contribution in [3.05, 3.63) is 42.0 Å². The molecule has 0 fully saturated rings. The predicted octanol–water partition coefficient (Wildman–Crippen LogP) is 3.58. The Hall–Kier alpha value is -1.57. The second kappa shape index (κ2) is 6.11. The van der Waals surface area contributed by atoms with Crippen LogP contribution in [0.15, 0.2) is 30.9 Å². The van der Waals surface area contributed by atoms with Gasteiger partial charge in [-0.3, -0.25) is 4.79 Å². The van der Waals surface area contributed by atoms with Crippen LogP contribution in [0.3, 0.4) is 0 Å². The molecule has 2 heteroatoms. The van der Waals surface area contributed by atoms with E-state index in [1.165, 1.54) is 0 Å². The summed E-state index contributed by atoms with van der Waals surface area (Å²) < 4.78 is 5.57. The molecule has 2 nitrogen and oxygen atoms in total. The van der Waals surface area contributed by atoms with Crippen LogP contribution in [0, 0.1) is 0 Å². The number of aldehydes is 1. The number of hydrogen-bond acceptors (Lipinski definition) is 2. The van der Waals surface area contributed by atoms with Crippen molar-refractivity contribution in [2.45, 2.75) is 26.2 Å². The van der Waals surface area contributed by atoms with E-state index >= 15 is 0 Å². The van der Waals surface area contributed by atoms with E-state index in [1.807, 2.05) is 12.1 Å². The fraction of sp³-hybridized carbons (Fsp3) is 0.357. The van der Waals surface area contributed by atoms with Crippen LogP contribution in [0.25, 0.3) is 0 Å². The van der Waals surface area contributed by atoms with Crippen molar-refractivity contribution in [1.82, 2.24) is 0 Å². The fourth-order valence-electron chi connectivity index (χ4n) is 1.53. The first-order valence-electron chi connectivity index (χ1n) is 5.55. The fourth-order valence-corrected chi connectivity index (χ4v) is 1.53. The topological polar surface area (TPSA) is 26.3 Å². The molecule has 1 aromatic rings. The summed E-state index contributed by atoms with van der Waals surface area (Å²) in [6.07, 6.45) is 3.60. The summed E-state index contributed by atoms with van der Waals surface area (Å²) in [5.41, 5.74) is 1.79. The van der Waals surface area contributed by atoms with E-state index in [0.29, 0.717) is 18.1 Å². The molecule has 0 N–H and O–H groups in total. The van der Waals surface area contributed by atoms with Crippen molar-refractivity contribution in [2.24, 2.45) is 0 Å². The lowest BCUT2D eigenvalue weighted by atomic mass is 9.96. The van der Waals surface area contributed by atoms with Crippen LogP contribution in [-0.2, 0) is 0 Å². The van der Waals surface area contributed by atoms with Gasteiger partial charge in [0.25, 0.3) is 0 Å². The van der Waals surface area contributed by atoms with Gasteiger partial charge < -0.3 is 4.74 Å². The zero-order valence-corrected chi connectivity index (χ0v) is 9.90. The van der Waals surface area contributed by atoms with Gasteiger partial charge in [-0.2, -0.15) is 0 Å². The van der Waals surface area contributed by atoms with Crippen molar-refractivity contribution < 1.29 is 9.53 Å². The van der Waals surface area contributed by atoms with E-state index in [0.717, 1.165) is 24.0 Å². The molecule has 86 valence electrons. The molecule has 0 saturated heterocycles. The third-order valence-electron chi connectivity index (χ3n) is 2.67. The number of ether oxygens (including phenoxy) is 1. The predicted molar refractivity (Wildman–Crippen MR) is 66.2 cm³/mol. The molecular weight excluding hydrogens is 200 g/mol. The summed E-state index contributed by atoms with van der Waals surface area (Å²) in [5, 5.41) is 0. The molecular formula is C14H18O2. The third-order valence-corrected chi connectivity index (χ3v) is 2.67. The van der Waals surface area contributed by atoms with Gasteiger partial charge in [0, 0.05) is 5.56 Å². The lowest BCUT2D eigenvalue weighted by Gasteiger charge is -2.15. The first-order chi connectivity index (χ1) is 7.72. The maximum atomic E-state index is 10.7. The average Bonchev–Trinajstić information content (AvgIpc) is 2.35. The van der Waals surface area contributed by atoms with Crippen molar-refractivity contribution >= 4 is 6.29 Å². The summed E-state index contributed by atoms with van der Waals surface area (Å²) in [4.78, 5) is 10.7. The van der Waals surface area contributed by atoms with Crippen molar-refractivity contribution in [3.8, 4) is 5.75 Å². The van der Waals surface area contributed by atoms with Gasteiger partial charge in [-0.25, -0.2) is 0 Å². The molecule has 1 aromatic carbocycles. The summed E-state index contributed by atoms with van der Waals surface area (Å²) in [7, 11) is 0. The monoisotopic (exact) mass is 218 g/mol. The molecule has 0 radical (unpaired) electrons. The molecule has 0 saturated carbocycles. The molecule has 0 spiro atoms. The largest absolute Gasteiger partial charge is 0.489 e. The highest BCUT2D eigenvalue weighted by atomic mass is 16.5. The number of carbonyl (C=O) groups excluding carboxylic acids is 1. The van der Waals surface area contributed by atoms with Crippen LogP contribution in [0.2, 0.25) is 0 Å². The molecule has 16 heavy (non-hydrogen) atoms. The Morgan fingerprint density at radius 3 is 2.81 bits per heavy atom. The number of carbonyl (C=O) groups is 1. The minimum absolute atomic E-state index is 0.389. The van der Waals surface area contributed by atoms with Gasteiger partial charge in [0.1, 0.15) is 18.6 Å². The van der Waals surface area contributed by atoms with Crippen LogP contribution < -0.4 is 4.74 Å². The zero-order valence-electron chi connectivity index (χ0n) is 9.90. The zero-order chi connectivity index (χ0) is 12.0. The SMILES string of the molecule is C=CCOc1ccc(C=O)cc1C(C)CC. The third kappa shape index (κ3) is 2.96. The standard InChI is InChI=1S/C14H18O2/c1-4-8-16-14-7-6-12(10-15)9-13(14)11(3)5-2/h4,6-7,9-11H,1,5,8H2,2-3H3. The van der Waals surface area contributed by atoms with Gasteiger partial charge in [-0.15, -0.1) is 0 Å². The molecule has 1 unspecified atom stereocenters. The number of hydrogen-bond donors (Lipinski definition) is 0. The van der Waals surface area contributed by atoms with E-state index in [2.05, 4.69) is 20.4 Å². The normalized spacial score (nSPS) is 11.9. The van der Waals surface area contributed by atoms with E-state index in [-0.39, 0.29) is 0 Å². The molecule has 0 heterocycles. The summed E-state index contributed by atoms with van der Waals surface area (Å²) in [5.74, 6) is 1.24. The molecule has 0 bridgehead atoms. The van der Waals surface area contributed by atoms with E-state index in [4.69, 9.17) is 4.74 Å². The lowest BCUT2D eigenvalue weighted by molar-refractivity contribution is 0.112. The van der Waals surface area contributed by atoms with Gasteiger partial charge in [-0.1, -0.05) is 26.5 Å². The first-order valence-corrected chi connectivity index (χ1v) is 5.55. The van der Waals surface area contributed by atoms with Crippen LogP contribution in [0.4, 0.5) is 0 Å². The van der Waals surface area contributed by atoms with Gasteiger partial charge in [-0.05, 0) is 36.1 Å². The highest BCUT2D eigenvalue weighted by molar-refractivity contribution is 5.75. The van der Waals surface area contributed by atoms with Crippen LogP contribution >= 0.6 is 0 Å². The number of rotatable bonds is 6. The van der Waals surface area contributed by atoms with Crippen LogP contribution in [0.1, 0.15) is 42.1 Å². The van der Waals surface area contributed by atoms with Crippen molar-refractivity contribution in [2.75, 3.05) is 6.61 Å².